The van der Waals surface area contributed by atoms with Gasteiger partial charge in [-0.2, -0.15) is 0 Å². The van der Waals surface area contributed by atoms with E-state index in [9.17, 15) is 5.11 Å². The number of benzene rings is 2. The first-order valence-electron chi connectivity index (χ1n) is 10.2. The normalized spacial score (nSPS) is 23.3. The minimum atomic E-state index is 0.191. The van der Waals surface area contributed by atoms with E-state index in [1.807, 2.05) is 36.4 Å². The van der Waals surface area contributed by atoms with Gasteiger partial charge in [0.05, 0.1) is 12.8 Å². The van der Waals surface area contributed by atoms with Crippen LogP contribution in [0.5, 0.6) is 11.5 Å². The Bertz CT molecular complexity index is 1020. The highest BCUT2D eigenvalue weighted by Crippen LogP contribution is 2.35. The number of aromatic nitrogens is 2. The Balaban J connectivity index is 1.40. The number of hydrogen-bond donors (Lipinski definition) is 2. The van der Waals surface area contributed by atoms with E-state index in [1.54, 1.807) is 13.2 Å². The van der Waals surface area contributed by atoms with Gasteiger partial charge in [-0.3, -0.25) is 0 Å². The topological polar surface area (TPSA) is 70.5 Å². The highest BCUT2D eigenvalue weighted by atomic mass is 16.5. The predicted molar refractivity (Wildman–Crippen MR) is 115 cm³/mol. The molecular weight excluding hydrogens is 364 g/mol. The number of nitrogens with one attached hydrogen (secondary N) is 1. The zero-order valence-corrected chi connectivity index (χ0v) is 16.8. The molecule has 2 aliphatic heterocycles. The number of aromatic hydroxyl groups is 1. The second-order valence-electron chi connectivity index (χ2n) is 8.23. The first-order chi connectivity index (χ1) is 14.1. The van der Waals surface area contributed by atoms with Gasteiger partial charge in [0, 0.05) is 30.7 Å². The summed E-state index contributed by atoms with van der Waals surface area (Å²) in [6.45, 7) is 0. The molecule has 2 bridgehead atoms. The van der Waals surface area contributed by atoms with E-state index in [0.717, 1.165) is 35.2 Å². The summed E-state index contributed by atoms with van der Waals surface area (Å²) < 4.78 is 5.27. The summed E-state index contributed by atoms with van der Waals surface area (Å²) in [5.41, 5.74) is 1.35. The molecule has 0 spiro atoms. The summed E-state index contributed by atoms with van der Waals surface area (Å²) in [6, 6.07) is 15.2. The summed E-state index contributed by atoms with van der Waals surface area (Å²) in [6.07, 6.45) is 4.89. The van der Waals surface area contributed by atoms with Gasteiger partial charge in [-0.1, -0.05) is 6.07 Å². The van der Waals surface area contributed by atoms with Crippen LogP contribution in [0.15, 0.2) is 42.5 Å². The Morgan fingerprint density at radius 2 is 1.79 bits per heavy atom. The number of nitrogens with zero attached hydrogens (tertiary/aromatic N) is 3. The van der Waals surface area contributed by atoms with Gasteiger partial charge in [-0.15, -0.1) is 10.2 Å². The first-order valence-corrected chi connectivity index (χ1v) is 10.2. The number of hydrogen-bond acceptors (Lipinski definition) is 6. The minimum absolute atomic E-state index is 0.191. The van der Waals surface area contributed by atoms with Crippen LogP contribution in [0.2, 0.25) is 0 Å². The highest BCUT2D eigenvalue weighted by Gasteiger charge is 2.35. The van der Waals surface area contributed by atoms with Gasteiger partial charge in [0.2, 0.25) is 0 Å². The average molecular weight is 390 g/mol. The lowest BCUT2D eigenvalue weighted by molar-refractivity contribution is 0.353. The van der Waals surface area contributed by atoms with Gasteiger partial charge < -0.3 is 20.1 Å². The third-order valence-corrected chi connectivity index (χ3v) is 6.45. The summed E-state index contributed by atoms with van der Waals surface area (Å²) >= 11 is 0. The van der Waals surface area contributed by atoms with Crippen molar-refractivity contribution in [2.75, 3.05) is 19.1 Å². The van der Waals surface area contributed by atoms with Gasteiger partial charge in [0.25, 0.3) is 0 Å². The number of phenols is 1. The van der Waals surface area contributed by atoms with Crippen molar-refractivity contribution in [1.29, 1.82) is 0 Å². The maximum Gasteiger partial charge on any atom is 0.151 e. The quantitative estimate of drug-likeness (QED) is 0.707. The van der Waals surface area contributed by atoms with Crippen LogP contribution in [-0.4, -0.2) is 47.6 Å². The van der Waals surface area contributed by atoms with E-state index in [4.69, 9.17) is 4.74 Å². The van der Waals surface area contributed by atoms with Crippen molar-refractivity contribution in [3.63, 3.8) is 0 Å². The predicted octanol–water partition coefficient (Wildman–Crippen LogP) is 3.73. The van der Waals surface area contributed by atoms with Crippen molar-refractivity contribution in [3.8, 4) is 22.8 Å². The molecule has 2 fully saturated rings. The Hall–Kier alpha value is -2.86. The average Bonchev–Trinajstić information content (AvgIpc) is 3.09. The summed E-state index contributed by atoms with van der Waals surface area (Å²) in [7, 11) is 3.75. The SMILES string of the molecule is COc1ccc2cc(-c3ccc(N(C)[C@H]4C[C@H]5CC[C@@H](C4)N5)nn3)c(O)cc2c1. The fourth-order valence-corrected chi connectivity index (χ4v) is 4.78. The van der Waals surface area contributed by atoms with E-state index < -0.39 is 0 Å². The molecule has 3 aromatic rings. The van der Waals surface area contributed by atoms with Crippen LogP contribution >= 0.6 is 0 Å². The van der Waals surface area contributed by atoms with E-state index in [0.29, 0.717) is 29.4 Å². The monoisotopic (exact) mass is 390 g/mol. The molecule has 0 radical (unpaired) electrons. The number of phenolic OH excluding ortho intramolecular Hbond substituents is 1. The van der Waals surface area contributed by atoms with Gasteiger partial charge >= 0.3 is 0 Å². The Labute approximate surface area is 170 Å². The van der Waals surface area contributed by atoms with Gasteiger partial charge in [-0.25, -0.2) is 0 Å². The van der Waals surface area contributed by atoms with Gasteiger partial charge in [-0.05, 0) is 72.9 Å². The molecule has 0 unspecified atom stereocenters. The van der Waals surface area contributed by atoms with Gasteiger partial charge in [0.1, 0.15) is 11.5 Å². The molecule has 0 saturated carbocycles. The number of piperidine rings is 1. The maximum atomic E-state index is 10.5. The summed E-state index contributed by atoms with van der Waals surface area (Å²) in [5.74, 6) is 1.84. The molecule has 2 N–H and O–H groups in total. The number of ether oxygens (including phenoxy) is 1. The van der Waals surface area contributed by atoms with E-state index in [-0.39, 0.29) is 5.75 Å². The van der Waals surface area contributed by atoms with Crippen molar-refractivity contribution in [2.45, 2.75) is 43.8 Å². The zero-order chi connectivity index (χ0) is 20.0. The van der Waals surface area contributed by atoms with E-state index in [2.05, 4.69) is 27.5 Å². The lowest BCUT2D eigenvalue weighted by Gasteiger charge is -2.36. The number of fused-ring (bicyclic) bond motifs is 3. The van der Waals surface area contributed by atoms with Crippen LogP contribution in [0.4, 0.5) is 5.82 Å². The number of anilines is 1. The second-order valence-corrected chi connectivity index (χ2v) is 8.23. The third-order valence-electron chi connectivity index (χ3n) is 6.45. The Kier molecular flexibility index (Phi) is 4.51. The molecule has 0 amide bonds. The lowest BCUT2D eigenvalue weighted by Crippen LogP contribution is -2.47. The zero-order valence-electron chi connectivity index (χ0n) is 16.8. The molecule has 6 nitrogen and oxygen atoms in total. The molecule has 2 aromatic carbocycles. The van der Waals surface area contributed by atoms with Crippen molar-refractivity contribution in [3.05, 3.63) is 42.5 Å². The lowest BCUT2D eigenvalue weighted by atomic mass is 9.98. The molecule has 3 heterocycles. The molecule has 29 heavy (non-hydrogen) atoms. The first kappa shape index (κ1) is 18.2. The smallest absolute Gasteiger partial charge is 0.151 e. The molecule has 6 heteroatoms. The van der Waals surface area contributed by atoms with Gasteiger partial charge in [0.15, 0.2) is 5.82 Å². The van der Waals surface area contributed by atoms with Crippen molar-refractivity contribution in [1.82, 2.24) is 15.5 Å². The molecule has 2 saturated heterocycles. The molecule has 5 rings (SSSR count). The van der Waals surface area contributed by atoms with Crippen LogP contribution in [0.25, 0.3) is 22.0 Å². The van der Waals surface area contributed by atoms with Crippen LogP contribution in [0.1, 0.15) is 25.7 Å². The molecule has 150 valence electrons. The van der Waals surface area contributed by atoms with Crippen LogP contribution in [-0.2, 0) is 0 Å². The fraction of sp³-hybridized carbons (Fsp3) is 0.391. The van der Waals surface area contributed by atoms with Crippen molar-refractivity contribution in [2.24, 2.45) is 0 Å². The number of methoxy groups -OCH3 is 1. The molecule has 3 atom stereocenters. The Morgan fingerprint density at radius 3 is 2.48 bits per heavy atom. The third kappa shape index (κ3) is 3.38. The van der Waals surface area contributed by atoms with Crippen LogP contribution in [0, 0.1) is 0 Å². The van der Waals surface area contributed by atoms with Crippen LogP contribution in [0.3, 0.4) is 0 Å². The standard InChI is InChI=1S/C23H26N4O2/c1-27(18-12-16-4-5-17(13-18)24-16)23-8-7-21(25-26-23)20-10-14-3-6-19(29-2)9-15(14)11-22(20)28/h3,6-11,16-18,24,28H,4-5,12-13H2,1-2H3/t16-,17+,18+. The molecule has 1 aromatic heterocycles. The molecular formula is C23H26N4O2. The maximum absolute atomic E-state index is 10.5. The fourth-order valence-electron chi connectivity index (χ4n) is 4.78. The minimum Gasteiger partial charge on any atom is -0.507 e. The second kappa shape index (κ2) is 7.19. The van der Waals surface area contributed by atoms with E-state index in [1.165, 1.54) is 12.8 Å². The Morgan fingerprint density at radius 1 is 1.00 bits per heavy atom. The van der Waals surface area contributed by atoms with Crippen molar-refractivity contribution < 1.29 is 9.84 Å². The summed E-state index contributed by atoms with van der Waals surface area (Å²) in [5, 5.41) is 25.1. The van der Waals surface area contributed by atoms with Crippen molar-refractivity contribution >= 4 is 16.6 Å². The molecule has 2 aliphatic rings. The van der Waals surface area contributed by atoms with E-state index >= 15 is 0 Å². The van der Waals surface area contributed by atoms with Crippen LogP contribution < -0.4 is 15.0 Å². The number of rotatable bonds is 4. The summed E-state index contributed by atoms with van der Waals surface area (Å²) in [4.78, 5) is 2.26. The highest BCUT2D eigenvalue weighted by molar-refractivity contribution is 5.90. The molecule has 0 aliphatic carbocycles. The largest absolute Gasteiger partial charge is 0.507 e.